The van der Waals surface area contributed by atoms with Crippen molar-refractivity contribution in [2.24, 2.45) is 4.99 Å². The summed E-state index contributed by atoms with van der Waals surface area (Å²) < 4.78 is 18.2. The van der Waals surface area contributed by atoms with E-state index in [0.29, 0.717) is 32.1 Å². The zero-order valence-corrected chi connectivity index (χ0v) is 21.8. The van der Waals surface area contributed by atoms with Crippen LogP contribution in [-0.4, -0.2) is 37.6 Å². The summed E-state index contributed by atoms with van der Waals surface area (Å²) in [5.41, 5.74) is 2.22. The summed E-state index contributed by atoms with van der Waals surface area (Å²) in [6.45, 7) is 3.77. The Morgan fingerprint density at radius 2 is 1.91 bits per heavy atom. The SMILES string of the molecule is CCOC(=O)C1=C(C)N=c2sc(=Cc3ccc(OC)cc3OC)c(=O)n2C1c1ccc(SC)cc1. The van der Waals surface area contributed by atoms with Gasteiger partial charge in [0, 0.05) is 16.5 Å². The molecule has 4 rings (SSSR count). The van der Waals surface area contributed by atoms with Crippen molar-refractivity contribution in [3.63, 3.8) is 0 Å². The molecule has 0 saturated carbocycles. The van der Waals surface area contributed by atoms with Gasteiger partial charge in [0.05, 0.1) is 42.7 Å². The summed E-state index contributed by atoms with van der Waals surface area (Å²) in [5.74, 6) is 0.769. The number of carbonyl (C=O) groups is 1. The van der Waals surface area contributed by atoms with Crippen LogP contribution in [0.25, 0.3) is 6.08 Å². The number of allylic oxidation sites excluding steroid dienone is 1. The molecule has 1 unspecified atom stereocenters. The van der Waals surface area contributed by atoms with E-state index in [-0.39, 0.29) is 12.2 Å². The maximum absolute atomic E-state index is 13.7. The van der Waals surface area contributed by atoms with E-state index < -0.39 is 12.0 Å². The maximum atomic E-state index is 13.7. The summed E-state index contributed by atoms with van der Waals surface area (Å²) in [6, 6.07) is 12.6. The topological polar surface area (TPSA) is 79.1 Å². The standard InChI is InChI=1S/C26H26N2O5S2/c1-6-33-25(30)22-15(2)27-26-28(23(22)16-8-11-19(34-5)12-9-16)24(29)21(35-26)13-17-7-10-18(31-3)14-20(17)32-4/h7-14,23H,6H2,1-5H3. The molecule has 0 bridgehead atoms. The van der Waals surface area contributed by atoms with Crippen LogP contribution in [0.15, 0.2) is 68.4 Å². The molecule has 2 heterocycles. The summed E-state index contributed by atoms with van der Waals surface area (Å²) in [7, 11) is 3.16. The first-order valence-corrected chi connectivity index (χ1v) is 13.0. The highest BCUT2D eigenvalue weighted by Crippen LogP contribution is 2.32. The minimum absolute atomic E-state index is 0.232. The Morgan fingerprint density at radius 1 is 1.17 bits per heavy atom. The van der Waals surface area contributed by atoms with Gasteiger partial charge in [-0.15, -0.1) is 11.8 Å². The molecule has 0 fully saturated rings. The second-order valence-corrected chi connectivity index (χ2v) is 9.57. The third-order valence-electron chi connectivity index (χ3n) is 5.68. The van der Waals surface area contributed by atoms with Crippen molar-refractivity contribution in [3.05, 3.63) is 84.5 Å². The number of esters is 1. The van der Waals surface area contributed by atoms with Crippen LogP contribution in [0.2, 0.25) is 0 Å². The lowest BCUT2D eigenvalue weighted by Crippen LogP contribution is -2.39. The van der Waals surface area contributed by atoms with E-state index >= 15 is 0 Å². The molecular weight excluding hydrogens is 484 g/mol. The van der Waals surface area contributed by atoms with Crippen molar-refractivity contribution in [1.29, 1.82) is 0 Å². The normalized spacial score (nSPS) is 15.5. The largest absolute Gasteiger partial charge is 0.497 e. The van der Waals surface area contributed by atoms with Crippen LogP contribution in [0.3, 0.4) is 0 Å². The number of methoxy groups -OCH3 is 2. The molecule has 1 aliphatic rings. The lowest BCUT2D eigenvalue weighted by atomic mass is 9.96. The summed E-state index contributed by atoms with van der Waals surface area (Å²) in [4.78, 5) is 32.9. The van der Waals surface area contributed by atoms with Gasteiger partial charge < -0.3 is 14.2 Å². The molecule has 0 N–H and O–H groups in total. The number of nitrogens with zero attached hydrogens (tertiary/aromatic N) is 2. The molecule has 7 nitrogen and oxygen atoms in total. The number of thioether (sulfide) groups is 1. The first-order chi connectivity index (χ1) is 16.9. The molecular formula is C26H26N2O5S2. The zero-order valence-electron chi connectivity index (χ0n) is 20.2. The van der Waals surface area contributed by atoms with Gasteiger partial charge in [0.2, 0.25) is 0 Å². The smallest absolute Gasteiger partial charge is 0.338 e. The molecule has 9 heteroatoms. The number of ether oxygens (including phenoxy) is 3. The fourth-order valence-electron chi connectivity index (χ4n) is 3.97. The molecule has 182 valence electrons. The quantitative estimate of drug-likeness (QED) is 0.357. The molecule has 1 aliphatic heterocycles. The number of benzene rings is 2. The number of rotatable bonds is 7. The third-order valence-corrected chi connectivity index (χ3v) is 7.40. The van der Waals surface area contributed by atoms with Gasteiger partial charge in [0.15, 0.2) is 4.80 Å². The highest BCUT2D eigenvalue weighted by atomic mass is 32.2. The molecule has 1 aromatic heterocycles. The van der Waals surface area contributed by atoms with Crippen molar-refractivity contribution < 1.29 is 19.0 Å². The molecule has 1 atom stereocenters. The molecule has 0 aliphatic carbocycles. The number of hydrogen-bond acceptors (Lipinski definition) is 8. The van der Waals surface area contributed by atoms with E-state index in [1.807, 2.05) is 42.7 Å². The predicted molar refractivity (Wildman–Crippen MR) is 138 cm³/mol. The molecule has 3 aromatic rings. The number of thiazole rings is 1. The lowest BCUT2D eigenvalue weighted by molar-refractivity contribution is -0.139. The minimum atomic E-state index is -0.638. The highest BCUT2D eigenvalue weighted by Gasteiger charge is 2.33. The minimum Gasteiger partial charge on any atom is -0.497 e. The zero-order chi connectivity index (χ0) is 25.1. The Labute approximate surface area is 211 Å². The van der Waals surface area contributed by atoms with Gasteiger partial charge >= 0.3 is 5.97 Å². The Bertz CT molecular complexity index is 1470. The Kier molecular flexibility index (Phi) is 7.47. The second kappa shape index (κ2) is 10.5. The van der Waals surface area contributed by atoms with E-state index in [9.17, 15) is 9.59 Å². The Morgan fingerprint density at radius 3 is 2.54 bits per heavy atom. The first-order valence-electron chi connectivity index (χ1n) is 11.0. The average molecular weight is 511 g/mol. The van der Waals surface area contributed by atoms with Crippen LogP contribution in [0.5, 0.6) is 11.5 Å². The second-order valence-electron chi connectivity index (χ2n) is 7.68. The Hall–Kier alpha value is -3.30. The van der Waals surface area contributed by atoms with Gasteiger partial charge in [-0.05, 0) is 56.0 Å². The van der Waals surface area contributed by atoms with Crippen LogP contribution >= 0.6 is 23.1 Å². The number of fused-ring (bicyclic) bond motifs is 1. The highest BCUT2D eigenvalue weighted by molar-refractivity contribution is 7.98. The van der Waals surface area contributed by atoms with Crippen LogP contribution < -0.4 is 24.4 Å². The fourth-order valence-corrected chi connectivity index (χ4v) is 5.42. The van der Waals surface area contributed by atoms with Crippen molar-refractivity contribution in [1.82, 2.24) is 4.57 Å². The number of hydrogen-bond donors (Lipinski definition) is 0. The molecule has 2 aromatic carbocycles. The third kappa shape index (κ3) is 4.78. The van der Waals surface area contributed by atoms with Crippen LogP contribution in [0, 0.1) is 0 Å². The summed E-state index contributed by atoms with van der Waals surface area (Å²) >= 11 is 2.90. The van der Waals surface area contributed by atoms with E-state index in [0.717, 1.165) is 16.0 Å². The van der Waals surface area contributed by atoms with Crippen LogP contribution in [0.1, 0.15) is 31.0 Å². The van der Waals surface area contributed by atoms with Gasteiger partial charge in [-0.2, -0.15) is 0 Å². The van der Waals surface area contributed by atoms with E-state index in [1.165, 1.54) is 11.3 Å². The van der Waals surface area contributed by atoms with Crippen molar-refractivity contribution in [2.45, 2.75) is 24.8 Å². The van der Waals surface area contributed by atoms with Crippen molar-refractivity contribution in [3.8, 4) is 11.5 Å². The molecule has 35 heavy (non-hydrogen) atoms. The van der Waals surface area contributed by atoms with Gasteiger partial charge in [0.1, 0.15) is 11.5 Å². The molecule has 0 spiro atoms. The number of aromatic nitrogens is 1. The maximum Gasteiger partial charge on any atom is 0.338 e. The Balaban J connectivity index is 1.93. The summed E-state index contributed by atoms with van der Waals surface area (Å²) in [6.07, 6.45) is 3.78. The predicted octanol–water partition coefficient (Wildman–Crippen LogP) is 3.54. The van der Waals surface area contributed by atoms with Gasteiger partial charge in [0.25, 0.3) is 5.56 Å². The van der Waals surface area contributed by atoms with Crippen molar-refractivity contribution >= 4 is 35.1 Å². The summed E-state index contributed by atoms with van der Waals surface area (Å²) in [5, 5.41) is 0. The number of carbonyl (C=O) groups excluding carboxylic acids is 1. The van der Waals surface area contributed by atoms with Crippen molar-refractivity contribution in [2.75, 3.05) is 27.1 Å². The first kappa shape index (κ1) is 24.8. The van der Waals surface area contributed by atoms with Gasteiger partial charge in [-0.3, -0.25) is 9.36 Å². The molecule has 0 saturated heterocycles. The fraction of sp³-hybridized carbons (Fsp3) is 0.269. The monoisotopic (exact) mass is 510 g/mol. The van der Waals surface area contributed by atoms with Gasteiger partial charge in [-0.1, -0.05) is 23.5 Å². The van der Waals surface area contributed by atoms with E-state index in [1.54, 1.807) is 56.5 Å². The molecule has 0 radical (unpaired) electrons. The van der Waals surface area contributed by atoms with Crippen LogP contribution in [0.4, 0.5) is 0 Å². The van der Waals surface area contributed by atoms with Gasteiger partial charge in [-0.25, -0.2) is 9.79 Å². The molecule has 0 amide bonds. The van der Waals surface area contributed by atoms with E-state index in [4.69, 9.17) is 14.2 Å². The van der Waals surface area contributed by atoms with Crippen LogP contribution in [-0.2, 0) is 9.53 Å². The van der Waals surface area contributed by atoms with E-state index in [2.05, 4.69) is 4.99 Å². The lowest BCUT2D eigenvalue weighted by Gasteiger charge is -2.24. The average Bonchev–Trinajstić information content (AvgIpc) is 3.17.